The van der Waals surface area contributed by atoms with Crippen LogP contribution in [0.1, 0.15) is 168 Å². The minimum Gasteiger partial charge on any atom is -0.391 e. The van der Waals surface area contributed by atoms with Gasteiger partial charge < -0.3 is 21.1 Å². The van der Waals surface area contributed by atoms with Crippen LogP contribution >= 0.6 is 7.82 Å². The van der Waals surface area contributed by atoms with Gasteiger partial charge in [0.1, 0.15) is 0 Å². The van der Waals surface area contributed by atoms with Crippen molar-refractivity contribution in [2.24, 2.45) is 5.73 Å². The number of aliphatic hydroxyl groups excluding tert-OH is 1. The zero-order valence-electron chi connectivity index (χ0n) is 28.0. The van der Waals surface area contributed by atoms with Crippen LogP contribution in [0.25, 0.3) is 0 Å². The molecule has 3 unspecified atom stereocenters. The Bertz CT molecular complexity index is 694. The molecule has 0 heterocycles. The molecule has 0 bridgehead atoms. The molecule has 8 nitrogen and oxygen atoms in total. The number of amides is 1. The molecule has 43 heavy (non-hydrogen) atoms. The first-order chi connectivity index (χ1) is 20.9. The fraction of sp³-hybridized carbons (Fsp3) is 0.912. The molecule has 0 spiro atoms. The first-order valence-corrected chi connectivity index (χ1v) is 19.3. The Labute approximate surface area is 265 Å². The molecule has 0 aliphatic heterocycles. The van der Waals surface area contributed by atoms with Crippen LogP contribution in [-0.4, -0.2) is 47.8 Å². The number of carbonyl (C=O) groups excluding carboxylic acids is 1. The summed E-state index contributed by atoms with van der Waals surface area (Å²) < 4.78 is 22.0. The maximum absolute atomic E-state index is 12.6. The molecule has 0 rings (SSSR count). The van der Waals surface area contributed by atoms with Gasteiger partial charge >= 0.3 is 7.82 Å². The first kappa shape index (κ1) is 42.2. The summed E-state index contributed by atoms with van der Waals surface area (Å²) in [5.74, 6) is -0.173. The van der Waals surface area contributed by atoms with Crippen molar-refractivity contribution in [3.63, 3.8) is 0 Å². The van der Waals surface area contributed by atoms with E-state index in [0.29, 0.717) is 12.8 Å². The van der Waals surface area contributed by atoms with Crippen LogP contribution < -0.4 is 11.1 Å². The summed E-state index contributed by atoms with van der Waals surface area (Å²) in [5.41, 5.74) is 5.34. The minimum absolute atomic E-state index is 0.0885. The van der Waals surface area contributed by atoms with Crippen LogP contribution in [0.5, 0.6) is 0 Å². The van der Waals surface area contributed by atoms with E-state index in [9.17, 15) is 19.4 Å². The smallest absolute Gasteiger partial charge is 0.391 e. The number of hydrogen-bond acceptors (Lipinski definition) is 6. The lowest BCUT2D eigenvalue weighted by Crippen LogP contribution is -2.46. The van der Waals surface area contributed by atoms with E-state index in [4.69, 9.17) is 14.8 Å². The number of aliphatic hydroxyl groups is 1. The largest absolute Gasteiger partial charge is 0.472 e. The van der Waals surface area contributed by atoms with E-state index in [2.05, 4.69) is 31.3 Å². The predicted octanol–water partition coefficient (Wildman–Crippen LogP) is 8.88. The topological polar surface area (TPSA) is 131 Å². The van der Waals surface area contributed by atoms with E-state index in [0.717, 1.165) is 51.4 Å². The van der Waals surface area contributed by atoms with Crippen molar-refractivity contribution < 1.29 is 28.4 Å². The second kappa shape index (κ2) is 31.2. The van der Waals surface area contributed by atoms with Gasteiger partial charge in [-0.05, 0) is 38.5 Å². The first-order valence-electron chi connectivity index (χ1n) is 17.8. The minimum atomic E-state index is -4.30. The van der Waals surface area contributed by atoms with Gasteiger partial charge in [0.2, 0.25) is 5.91 Å². The van der Waals surface area contributed by atoms with Crippen LogP contribution in [0.4, 0.5) is 0 Å². The highest BCUT2D eigenvalue weighted by Crippen LogP contribution is 2.43. The van der Waals surface area contributed by atoms with Gasteiger partial charge in [-0.15, -0.1) is 0 Å². The number of nitrogens with one attached hydrogen (secondary N) is 1. The second-order valence-electron chi connectivity index (χ2n) is 12.1. The molecule has 256 valence electrons. The van der Waals surface area contributed by atoms with E-state index >= 15 is 0 Å². The SMILES string of the molecule is CCCCCCCC/C=C\CCCCCCCC(=O)NC(COP(=O)(O)OCCN)C(O)CCCCCCCCCCC. The summed E-state index contributed by atoms with van der Waals surface area (Å²) in [6.07, 6.45) is 30.7. The molecular weight excluding hydrogens is 563 g/mol. The van der Waals surface area contributed by atoms with Gasteiger partial charge in [-0.25, -0.2) is 4.57 Å². The number of phosphoric ester groups is 1. The number of nitrogens with two attached hydrogens (primary N) is 1. The summed E-state index contributed by atoms with van der Waals surface area (Å²) in [4.78, 5) is 22.5. The van der Waals surface area contributed by atoms with Crippen LogP contribution in [0.2, 0.25) is 0 Å². The lowest BCUT2D eigenvalue weighted by atomic mass is 10.0. The van der Waals surface area contributed by atoms with Crippen LogP contribution in [-0.2, 0) is 18.4 Å². The summed E-state index contributed by atoms with van der Waals surface area (Å²) in [5, 5.41) is 13.6. The number of carbonyl (C=O) groups is 1. The van der Waals surface area contributed by atoms with Crippen LogP contribution in [0.15, 0.2) is 12.2 Å². The third kappa shape index (κ3) is 29.7. The Morgan fingerprint density at radius 1 is 0.744 bits per heavy atom. The number of phosphoric acid groups is 1. The number of allylic oxidation sites excluding steroid dienone is 2. The lowest BCUT2D eigenvalue weighted by molar-refractivity contribution is -0.123. The maximum Gasteiger partial charge on any atom is 0.472 e. The molecule has 1 amide bonds. The average molecular weight is 633 g/mol. The molecule has 0 saturated heterocycles. The molecule has 0 aromatic heterocycles. The molecule has 0 aliphatic rings. The molecule has 0 saturated carbocycles. The lowest BCUT2D eigenvalue weighted by Gasteiger charge is -2.25. The molecular formula is C34H69N2O6P. The van der Waals surface area contributed by atoms with Crippen molar-refractivity contribution in [1.82, 2.24) is 5.32 Å². The number of unbranched alkanes of at least 4 members (excludes halogenated alkanes) is 19. The van der Waals surface area contributed by atoms with Crippen molar-refractivity contribution >= 4 is 13.7 Å². The molecule has 0 radical (unpaired) electrons. The van der Waals surface area contributed by atoms with Crippen LogP contribution in [0, 0.1) is 0 Å². The zero-order chi connectivity index (χ0) is 31.9. The summed E-state index contributed by atoms with van der Waals surface area (Å²) in [7, 11) is -4.30. The van der Waals surface area contributed by atoms with Gasteiger partial charge in [-0.2, -0.15) is 0 Å². The monoisotopic (exact) mass is 632 g/mol. The van der Waals surface area contributed by atoms with Gasteiger partial charge in [-0.3, -0.25) is 13.8 Å². The fourth-order valence-corrected chi connectivity index (χ4v) is 5.89. The standard InChI is InChI=1S/C34H69N2O6P/c1-3-5-7-9-11-13-14-15-16-17-18-20-22-24-26-28-34(38)36-32(31-42-43(39,40)41-30-29-35)33(37)27-25-23-21-19-12-10-8-6-4-2/h15-16,32-33,37H,3-14,17-31,35H2,1-2H3,(H,36,38)(H,39,40)/b16-15-. The van der Waals surface area contributed by atoms with Gasteiger partial charge in [0.05, 0.1) is 25.4 Å². The quantitative estimate of drug-likeness (QED) is 0.0323. The highest BCUT2D eigenvalue weighted by Gasteiger charge is 2.27. The highest BCUT2D eigenvalue weighted by atomic mass is 31.2. The number of hydrogen-bond donors (Lipinski definition) is 4. The van der Waals surface area contributed by atoms with Crippen molar-refractivity contribution in [3.05, 3.63) is 12.2 Å². The van der Waals surface area contributed by atoms with Crippen molar-refractivity contribution in [3.8, 4) is 0 Å². The van der Waals surface area contributed by atoms with Crippen LogP contribution in [0.3, 0.4) is 0 Å². The summed E-state index contributed by atoms with van der Waals surface area (Å²) >= 11 is 0. The van der Waals surface area contributed by atoms with Gasteiger partial charge in [0.15, 0.2) is 0 Å². The van der Waals surface area contributed by atoms with Crippen molar-refractivity contribution in [2.45, 2.75) is 180 Å². The van der Waals surface area contributed by atoms with Crippen molar-refractivity contribution in [1.29, 1.82) is 0 Å². The Balaban J connectivity index is 4.26. The van der Waals surface area contributed by atoms with Gasteiger partial charge in [0.25, 0.3) is 0 Å². The molecule has 0 aromatic carbocycles. The normalized spacial score (nSPS) is 14.6. The molecule has 5 N–H and O–H groups in total. The molecule has 0 fully saturated rings. The third-order valence-corrected chi connectivity index (χ3v) is 8.85. The summed E-state index contributed by atoms with van der Waals surface area (Å²) in [6.45, 7) is 4.15. The van der Waals surface area contributed by atoms with Gasteiger partial charge in [-0.1, -0.05) is 135 Å². The van der Waals surface area contributed by atoms with E-state index in [1.807, 2.05) is 0 Å². The average Bonchev–Trinajstić information content (AvgIpc) is 2.99. The molecule has 0 aromatic rings. The van der Waals surface area contributed by atoms with Gasteiger partial charge in [0, 0.05) is 13.0 Å². The molecule has 9 heteroatoms. The zero-order valence-corrected chi connectivity index (χ0v) is 28.8. The summed E-state index contributed by atoms with van der Waals surface area (Å²) in [6, 6.07) is -0.772. The van der Waals surface area contributed by atoms with E-state index < -0.39 is 20.0 Å². The van der Waals surface area contributed by atoms with E-state index in [1.54, 1.807) is 0 Å². The molecule has 0 aliphatic carbocycles. The highest BCUT2D eigenvalue weighted by molar-refractivity contribution is 7.47. The fourth-order valence-electron chi connectivity index (χ4n) is 5.13. The van der Waals surface area contributed by atoms with E-state index in [1.165, 1.54) is 89.9 Å². The van der Waals surface area contributed by atoms with Crippen molar-refractivity contribution in [2.75, 3.05) is 19.8 Å². The van der Waals surface area contributed by atoms with E-state index in [-0.39, 0.29) is 25.7 Å². The number of rotatable bonds is 33. The Kier molecular flexibility index (Phi) is 30.7. The molecule has 3 atom stereocenters. The predicted molar refractivity (Wildman–Crippen MR) is 180 cm³/mol. The Hall–Kier alpha value is -0.760. The Morgan fingerprint density at radius 3 is 1.72 bits per heavy atom. The second-order valence-corrected chi connectivity index (χ2v) is 13.5. The Morgan fingerprint density at radius 2 is 1.21 bits per heavy atom. The maximum atomic E-state index is 12.6. The third-order valence-electron chi connectivity index (χ3n) is 7.87.